The third-order valence-corrected chi connectivity index (χ3v) is 5.62. The third-order valence-electron chi connectivity index (χ3n) is 4.34. The van der Waals surface area contributed by atoms with Crippen molar-refractivity contribution >= 4 is 29.5 Å². The van der Waals surface area contributed by atoms with Crippen LogP contribution in [0.15, 0.2) is 41.3 Å². The zero-order chi connectivity index (χ0) is 19.8. The first-order valence-electron chi connectivity index (χ1n) is 8.88. The summed E-state index contributed by atoms with van der Waals surface area (Å²) in [4.78, 5) is 39.1. The van der Waals surface area contributed by atoms with Gasteiger partial charge in [0.1, 0.15) is 17.0 Å². The Bertz CT molecular complexity index is 785. The van der Waals surface area contributed by atoms with Crippen LogP contribution in [0.5, 0.6) is 0 Å². The van der Waals surface area contributed by atoms with Gasteiger partial charge >= 0.3 is 5.97 Å². The molecule has 0 unspecified atom stereocenters. The molecule has 2 aliphatic heterocycles. The number of thioether (sulfide) groups is 1. The van der Waals surface area contributed by atoms with Crippen LogP contribution in [0.3, 0.4) is 0 Å². The summed E-state index contributed by atoms with van der Waals surface area (Å²) < 4.78 is 5.47. The molecule has 1 aromatic carbocycles. The number of carbonyl (C=O) groups is 3. The van der Waals surface area contributed by atoms with E-state index in [1.54, 1.807) is 20.8 Å². The van der Waals surface area contributed by atoms with Crippen molar-refractivity contribution in [1.82, 2.24) is 10.2 Å². The molecule has 2 amide bonds. The Balaban J connectivity index is 1.67. The fourth-order valence-electron chi connectivity index (χ4n) is 3.16. The Morgan fingerprint density at radius 3 is 2.52 bits per heavy atom. The molecule has 27 heavy (non-hydrogen) atoms. The Morgan fingerprint density at radius 1 is 1.22 bits per heavy atom. The minimum absolute atomic E-state index is 0.208. The molecule has 7 heteroatoms. The largest absolute Gasteiger partial charge is 0.458 e. The zero-order valence-electron chi connectivity index (χ0n) is 15.9. The monoisotopic (exact) mass is 388 g/mol. The van der Waals surface area contributed by atoms with Crippen LogP contribution in [-0.2, 0) is 25.5 Å². The average molecular weight is 388 g/mol. The molecule has 0 aromatic heterocycles. The lowest BCUT2D eigenvalue weighted by atomic mass is 9.98. The summed E-state index contributed by atoms with van der Waals surface area (Å²) in [5.74, 6) is -0.902. The number of fused-ring (bicyclic) bond motifs is 1. The number of carbonyl (C=O) groups excluding carboxylic acids is 3. The zero-order valence-corrected chi connectivity index (χ0v) is 16.7. The molecule has 1 N–H and O–H groups in total. The van der Waals surface area contributed by atoms with E-state index >= 15 is 0 Å². The normalized spacial score (nSPS) is 24.4. The summed E-state index contributed by atoms with van der Waals surface area (Å²) >= 11 is 1.44. The highest BCUT2D eigenvalue weighted by Gasteiger charge is 2.55. The third kappa shape index (κ3) is 4.18. The summed E-state index contributed by atoms with van der Waals surface area (Å²) in [7, 11) is 0. The summed E-state index contributed by atoms with van der Waals surface area (Å²) in [6, 6.07) is 8.01. The molecule has 0 radical (unpaired) electrons. The van der Waals surface area contributed by atoms with Gasteiger partial charge in [0.15, 0.2) is 6.04 Å². The van der Waals surface area contributed by atoms with Crippen molar-refractivity contribution in [3.05, 3.63) is 46.9 Å². The molecule has 1 aromatic rings. The van der Waals surface area contributed by atoms with E-state index < -0.39 is 23.7 Å². The van der Waals surface area contributed by atoms with E-state index in [4.69, 9.17) is 4.74 Å². The Morgan fingerprint density at radius 2 is 1.89 bits per heavy atom. The molecule has 0 aliphatic carbocycles. The van der Waals surface area contributed by atoms with Gasteiger partial charge in [0.05, 0.1) is 6.42 Å². The van der Waals surface area contributed by atoms with E-state index in [0.717, 1.165) is 11.1 Å². The van der Waals surface area contributed by atoms with Gasteiger partial charge in [0, 0.05) is 0 Å². The Kier molecular flexibility index (Phi) is 5.33. The van der Waals surface area contributed by atoms with Crippen molar-refractivity contribution in [3.63, 3.8) is 0 Å². The molecule has 3 atom stereocenters. The van der Waals surface area contributed by atoms with Gasteiger partial charge in [0.2, 0.25) is 11.8 Å². The van der Waals surface area contributed by atoms with Gasteiger partial charge in [-0.2, -0.15) is 0 Å². The van der Waals surface area contributed by atoms with Crippen LogP contribution in [0.1, 0.15) is 33.3 Å². The summed E-state index contributed by atoms with van der Waals surface area (Å²) in [6.07, 6.45) is 0.215. The van der Waals surface area contributed by atoms with E-state index in [2.05, 4.69) is 5.32 Å². The number of β-lactam (4-membered cyclic amide) rings is 1. The van der Waals surface area contributed by atoms with Crippen LogP contribution in [0, 0.1) is 0 Å². The van der Waals surface area contributed by atoms with Crippen LogP contribution < -0.4 is 5.32 Å². The summed E-state index contributed by atoms with van der Waals surface area (Å²) in [5, 5.41) is 4.38. The molecule has 0 spiro atoms. The lowest BCUT2D eigenvalue weighted by molar-refractivity contribution is -0.170. The first-order chi connectivity index (χ1) is 12.7. The fraction of sp³-hybridized carbons (Fsp3) is 0.450. The van der Waals surface area contributed by atoms with Crippen molar-refractivity contribution in [2.75, 3.05) is 0 Å². The molecule has 1 saturated heterocycles. The van der Waals surface area contributed by atoms with Crippen LogP contribution in [-0.4, -0.2) is 45.7 Å². The number of esters is 1. The lowest BCUT2D eigenvalue weighted by Gasteiger charge is -2.51. The highest BCUT2D eigenvalue weighted by molar-refractivity contribution is 8.02. The Labute approximate surface area is 163 Å². The van der Waals surface area contributed by atoms with Crippen molar-refractivity contribution in [2.45, 2.75) is 57.2 Å². The molecule has 6 nitrogen and oxygen atoms in total. The highest BCUT2D eigenvalue weighted by Crippen LogP contribution is 2.40. The van der Waals surface area contributed by atoms with Crippen LogP contribution >= 0.6 is 11.8 Å². The second-order valence-corrected chi connectivity index (χ2v) is 8.77. The minimum Gasteiger partial charge on any atom is -0.458 e. The molecule has 0 saturated carbocycles. The summed E-state index contributed by atoms with van der Waals surface area (Å²) in [6.45, 7) is 7.20. The molecule has 1 fully saturated rings. The van der Waals surface area contributed by atoms with Crippen molar-refractivity contribution in [2.24, 2.45) is 0 Å². The SMILES string of the molecule is CC1=CS[C@@H]2[C@H](NC(=O)Cc3ccccc3)C(=O)N2[C@H]1C(=O)OC(C)(C)C. The molecule has 2 aliphatic rings. The van der Waals surface area contributed by atoms with Gasteiger partial charge in [-0.1, -0.05) is 30.3 Å². The van der Waals surface area contributed by atoms with Crippen LogP contribution in [0.25, 0.3) is 0 Å². The number of hydrogen-bond acceptors (Lipinski definition) is 5. The summed E-state index contributed by atoms with van der Waals surface area (Å²) in [5.41, 5.74) is 1.03. The van der Waals surface area contributed by atoms with Gasteiger partial charge in [-0.15, -0.1) is 11.8 Å². The predicted octanol–water partition coefficient (Wildman–Crippen LogP) is 2.24. The Hall–Kier alpha value is -2.28. The second-order valence-electron chi connectivity index (χ2n) is 7.78. The van der Waals surface area contributed by atoms with Gasteiger partial charge in [-0.25, -0.2) is 4.79 Å². The highest BCUT2D eigenvalue weighted by atomic mass is 32.2. The van der Waals surface area contributed by atoms with Gasteiger partial charge in [0.25, 0.3) is 0 Å². The van der Waals surface area contributed by atoms with E-state index in [0.29, 0.717) is 0 Å². The predicted molar refractivity (Wildman–Crippen MR) is 104 cm³/mol. The number of nitrogens with zero attached hydrogens (tertiary/aromatic N) is 1. The number of benzene rings is 1. The number of ether oxygens (including phenoxy) is 1. The van der Waals surface area contributed by atoms with Crippen LogP contribution in [0.4, 0.5) is 0 Å². The second kappa shape index (κ2) is 7.38. The fourth-order valence-corrected chi connectivity index (χ4v) is 4.34. The number of hydrogen-bond donors (Lipinski definition) is 1. The van der Waals surface area contributed by atoms with Crippen LogP contribution in [0.2, 0.25) is 0 Å². The van der Waals surface area contributed by atoms with Gasteiger partial charge in [-0.05, 0) is 44.2 Å². The molecule has 144 valence electrons. The maximum Gasteiger partial charge on any atom is 0.333 e. The van der Waals surface area contributed by atoms with E-state index in [1.807, 2.05) is 42.7 Å². The maximum atomic E-state index is 12.7. The number of nitrogens with one attached hydrogen (secondary N) is 1. The average Bonchev–Trinajstić information content (AvgIpc) is 2.58. The van der Waals surface area contributed by atoms with Gasteiger partial charge in [-0.3, -0.25) is 9.59 Å². The molecular weight excluding hydrogens is 364 g/mol. The molecular formula is C20H24N2O4S. The molecule has 2 heterocycles. The number of amides is 2. The molecule has 0 bridgehead atoms. The van der Waals surface area contributed by atoms with Crippen molar-refractivity contribution < 1.29 is 19.1 Å². The number of rotatable bonds is 4. The van der Waals surface area contributed by atoms with E-state index in [9.17, 15) is 14.4 Å². The smallest absolute Gasteiger partial charge is 0.333 e. The van der Waals surface area contributed by atoms with Gasteiger partial charge < -0.3 is 15.0 Å². The minimum atomic E-state index is -0.731. The van der Waals surface area contributed by atoms with Crippen molar-refractivity contribution in [1.29, 1.82) is 0 Å². The molecule has 3 rings (SSSR count). The topological polar surface area (TPSA) is 75.7 Å². The first kappa shape index (κ1) is 19.5. The van der Waals surface area contributed by atoms with E-state index in [-0.39, 0.29) is 23.6 Å². The quantitative estimate of drug-likeness (QED) is 0.632. The standard InChI is InChI=1S/C20H24N2O4S/c1-12-11-27-18-15(21-14(23)10-13-8-6-5-7-9-13)17(24)22(18)16(12)19(25)26-20(2,3)4/h5-9,11,15-16,18H,10H2,1-4H3,(H,21,23)/t15-,16-,18-/m1/s1. The van der Waals surface area contributed by atoms with Crippen molar-refractivity contribution in [3.8, 4) is 0 Å². The lowest BCUT2D eigenvalue weighted by Crippen LogP contribution is -2.74. The maximum absolute atomic E-state index is 12.7. The first-order valence-corrected chi connectivity index (χ1v) is 9.82. The van der Waals surface area contributed by atoms with E-state index in [1.165, 1.54) is 16.7 Å².